The van der Waals surface area contributed by atoms with Gasteiger partial charge in [-0.05, 0) is 45.2 Å². The van der Waals surface area contributed by atoms with Gasteiger partial charge in [-0.15, -0.1) is 0 Å². The highest BCUT2D eigenvalue weighted by atomic mass is 16.7. The minimum absolute atomic E-state index is 0.206. The van der Waals surface area contributed by atoms with Gasteiger partial charge in [0.1, 0.15) is 5.82 Å². The average Bonchev–Trinajstić information content (AvgIpc) is 2.85. The highest BCUT2D eigenvalue weighted by Crippen LogP contribution is 2.28. The van der Waals surface area contributed by atoms with Gasteiger partial charge in [-0.2, -0.15) is 0 Å². The molecule has 1 aromatic heterocycles. The lowest BCUT2D eigenvalue weighted by Crippen LogP contribution is -2.44. The molecule has 0 unspecified atom stereocenters. The maximum absolute atomic E-state index is 5.70. The molecular weight excluding hydrogens is 418 g/mol. The molecule has 0 saturated carbocycles. The molecule has 0 aliphatic carbocycles. The van der Waals surface area contributed by atoms with Crippen molar-refractivity contribution in [3.05, 3.63) is 35.5 Å². The molecule has 1 aromatic carbocycles. The fourth-order valence-electron chi connectivity index (χ4n) is 4.29. The third-order valence-corrected chi connectivity index (χ3v) is 6.19. The molecule has 2 aromatic rings. The molecule has 2 aliphatic rings. The van der Waals surface area contributed by atoms with Crippen LogP contribution < -0.4 is 10.2 Å². The molecule has 180 valence electrons. The van der Waals surface area contributed by atoms with Crippen molar-refractivity contribution in [1.82, 2.24) is 14.9 Å². The van der Waals surface area contributed by atoms with Crippen LogP contribution in [0.2, 0.25) is 0 Å². The van der Waals surface area contributed by atoms with Crippen molar-refractivity contribution < 1.29 is 14.2 Å². The summed E-state index contributed by atoms with van der Waals surface area (Å²) in [5, 5.41) is 3.49. The molecule has 0 atom stereocenters. The average molecular weight is 456 g/mol. The van der Waals surface area contributed by atoms with Crippen LogP contribution in [0.4, 0.5) is 11.5 Å². The molecule has 33 heavy (non-hydrogen) atoms. The number of rotatable bonds is 10. The molecule has 8 nitrogen and oxygen atoms in total. The van der Waals surface area contributed by atoms with Crippen molar-refractivity contribution in [2.75, 3.05) is 69.8 Å². The van der Waals surface area contributed by atoms with E-state index in [-0.39, 0.29) is 6.29 Å². The molecule has 1 N–H and O–H groups in total. The van der Waals surface area contributed by atoms with Crippen LogP contribution in [0.15, 0.2) is 24.3 Å². The van der Waals surface area contributed by atoms with E-state index in [9.17, 15) is 0 Å². The second-order valence-corrected chi connectivity index (χ2v) is 8.52. The van der Waals surface area contributed by atoms with Gasteiger partial charge >= 0.3 is 0 Å². The molecule has 8 heteroatoms. The first-order valence-corrected chi connectivity index (χ1v) is 12.2. The number of ether oxygens (including phenoxy) is 3. The summed E-state index contributed by atoms with van der Waals surface area (Å²) in [6.07, 6.45) is 1.35. The lowest BCUT2D eigenvalue weighted by Gasteiger charge is -2.34. The maximum atomic E-state index is 5.70. The lowest BCUT2D eigenvalue weighted by molar-refractivity contribution is -0.137. The summed E-state index contributed by atoms with van der Waals surface area (Å²) in [4.78, 5) is 14.6. The monoisotopic (exact) mass is 455 g/mol. The summed E-state index contributed by atoms with van der Waals surface area (Å²) in [5.74, 6) is 1.61. The van der Waals surface area contributed by atoms with Gasteiger partial charge < -0.3 is 29.3 Å². The van der Waals surface area contributed by atoms with E-state index in [2.05, 4.69) is 46.4 Å². The van der Waals surface area contributed by atoms with Gasteiger partial charge in [-0.1, -0.05) is 0 Å². The minimum atomic E-state index is -0.206. The number of nitrogens with zero attached hydrogens (tertiary/aromatic N) is 4. The Morgan fingerprint density at radius 1 is 1.03 bits per heavy atom. The van der Waals surface area contributed by atoms with Crippen molar-refractivity contribution in [1.29, 1.82) is 0 Å². The highest BCUT2D eigenvalue weighted by Gasteiger charge is 2.20. The van der Waals surface area contributed by atoms with Gasteiger partial charge in [0.15, 0.2) is 12.1 Å². The SMILES string of the molecule is CCOC(CCNc1nc(-c2ccc(N3CCN(C)CC3)cc2)nc2c1COCC2)OCC. The quantitative estimate of drug-likeness (QED) is 0.548. The Bertz CT molecular complexity index is 878. The van der Waals surface area contributed by atoms with Crippen LogP contribution in [0.3, 0.4) is 0 Å². The molecule has 1 fully saturated rings. The van der Waals surface area contributed by atoms with E-state index in [0.29, 0.717) is 33.0 Å². The zero-order valence-corrected chi connectivity index (χ0v) is 20.2. The Hall–Kier alpha value is -2.26. The van der Waals surface area contributed by atoms with Gasteiger partial charge in [0.25, 0.3) is 0 Å². The summed E-state index contributed by atoms with van der Waals surface area (Å²) in [7, 11) is 2.18. The van der Waals surface area contributed by atoms with Gasteiger partial charge in [0.2, 0.25) is 0 Å². The van der Waals surface area contributed by atoms with Crippen molar-refractivity contribution in [3.63, 3.8) is 0 Å². The van der Waals surface area contributed by atoms with Crippen molar-refractivity contribution in [2.45, 2.75) is 39.6 Å². The van der Waals surface area contributed by atoms with Crippen LogP contribution in [-0.4, -0.2) is 80.7 Å². The number of benzene rings is 1. The van der Waals surface area contributed by atoms with Crippen LogP contribution in [0.1, 0.15) is 31.5 Å². The van der Waals surface area contributed by atoms with E-state index in [4.69, 9.17) is 24.2 Å². The number of nitrogens with one attached hydrogen (secondary N) is 1. The largest absolute Gasteiger partial charge is 0.376 e. The van der Waals surface area contributed by atoms with E-state index in [1.807, 2.05) is 13.8 Å². The third-order valence-electron chi connectivity index (χ3n) is 6.19. The molecule has 0 bridgehead atoms. The fourth-order valence-corrected chi connectivity index (χ4v) is 4.29. The summed E-state index contributed by atoms with van der Waals surface area (Å²) < 4.78 is 17.0. The molecule has 2 aliphatic heterocycles. The van der Waals surface area contributed by atoms with Crippen molar-refractivity contribution in [3.8, 4) is 11.4 Å². The van der Waals surface area contributed by atoms with Crippen LogP contribution in [0.5, 0.6) is 0 Å². The Labute approximate surface area is 197 Å². The predicted octanol–water partition coefficient (Wildman–Crippen LogP) is 3.17. The first-order valence-electron chi connectivity index (χ1n) is 12.2. The molecule has 0 spiro atoms. The second kappa shape index (κ2) is 11.7. The Kier molecular flexibility index (Phi) is 8.50. The van der Waals surface area contributed by atoms with E-state index in [1.54, 1.807) is 0 Å². The molecule has 0 radical (unpaired) electrons. The van der Waals surface area contributed by atoms with Gasteiger partial charge in [0, 0.05) is 75.6 Å². The Morgan fingerprint density at radius 2 is 1.76 bits per heavy atom. The smallest absolute Gasteiger partial charge is 0.161 e. The number of hydrogen-bond acceptors (Lipinski definition) is 8. The minimum Gasteiger partial charge on any atom is -0.376 e. The Morgan fingerprint density at radius 3 is 2.45 bits per heavy atom. The molecular formula is C25H37N5O3. The first-order chi connectivity index (χ1) is 16.2. The number of anilines is 2. The molecule has 1 saturated heterocycles. The molecule has 3 heterocycles. The van der Waals surface area contributed by atoms with Crippen LogP contribution >= 0.6 is 0 Å². The van der Waals surface area contributed by atoms with E-state index >= 15 is 0 Å². The predicted molar refractivity (Wildman–Crippen MR) is 131 cm³/mol. The Balaban J connectivity index is 1.49. The summed E-state index contributed by atoms with van der Waals surface area (Å²) >= 11 is 0. The topological polar surface area (TPSA) is 72.0 Å². The standard InChI is InChI=1S/C25H37N5O3/c1-4-32-23(33-5-2)10-12-26-25-21-18-31-17-11-22(21)27-24(28-25)19-6-8-20(9-7-19)30-15-13-29(3)14-16-30/h6-9,23H,4-5,10-18H2,1-3H3,(H,26,27,28). The van der Waals surface area contributed by atoms with Crippen LogP contribution in [0.25, 0.3) is 11.4 Å². The summed E-state index contributed by atoms with van der Waals surface area (Å²) in [6.45, 7) is 11.5. The summed E-state index contributed by atoms with van der Waals surface area (Å²) in [6, 6.07) is 8.65. The number of hydrogen-bond donors (Lipinski definition) is 1. The van der Waals surface area contributed by atoms with Gasteiger partial charge in [-0.25, -0.2) is 9.97 Å². The van der Waals surface area contributed by atoms with Crippen molar-refractivity contribution >= 4 is 11.5 Å². The lowest BCUT2D eigenvalue weighted by atomic mass is 10.1. The maximum Gasteiger partial charge on any atom is 0.161 e. The number of likely N-dealkylation sites (N-methyl/N-ethyl adjacent to an activating group) is 1. The van der Waals surface area contributed by atoms with E-state index in [1.165, 1.54) is 5.69 Å². The van der Waals surface area contributed by atoms with E-state index in [0.717, 1.165) is 67.5 Å². The normalized spacial score (nSPS) is 16.8. The highest BCUT2D eigenvalue weighted by molar-refractivity contribution is 5.63. The number of aromatic nitrogens is 2. The van der Waals surface area contributed by atoms with Crippen molar-refractivity contribution in [2.24, 2.45) is 0 Å². The van der Waals surface area contributed by atoms with Gasteiger partial charge in [0.05, 0.1) is 18.9 Å². The number of piperazine rings is 1. The number of fused-ring (bicyclic) bond motifs is 1. The molecule has 0 amide bonds. The second-order valence-electron chi connectivity index (χ2n) is 8.52. The first kappa shape index (κ1) is 23.9. The third kappa shape index (κ3) is 6.20. The molecule has 4 rings (SSSR count). The zero-order chi connectivity index (χ0) is 23.0. The van der Waals surface area contributed by atoms with E-state index < -0.39 is 0 Å². The van der Waals surface area contributed by atoms with Gasteiger partial charge in [-0.3, -0.25) is 0 Å². The van der Waals surface area contributed by atoms with Crippen LogP contribution in [0, 0.1) is 0 Å². The zero-order valence-electron chi connectivity index (χ0n) is 20.2. The summed E-state index contributed by atoms with van der Waals surface area (Å²) in [5.41, 5.74) is 4.42. The fraction of sp³-hybridized carbons (Fsp3) is 0.600. The van der Waals surface area contributed by atoms with Crippen LogP contribution in [-0.2, 0) is 27.2 Å².